The van der Waals surface area contributed by atoms with Gasteiger partial charge < -0.3 is 65.1 Å². The number of carbonyl (C=O) groups is 1. The number of carbonyl (C=O) groups excluding carboxylic acids is 1. The highest BCUT2D eigenvalue weighted by Gasteiger charge is 2.51. The Morgan fingerprint density at radius 3 is 1.09 bits per heavy atom. The molecule has 0 saturated carbocycles. The molecular formula is C78H149NO13. The number of amides is 1. The zero-order valence-corrected chi connectivity index (χ0v) is 59.6. The Bertz CT molecular complexity index is 1640. The standard InChI is InChI=1S/C78H149NO13/c1-3-5-7-9-11-13-15-17-19-21-22-23-24-25-26-27-28-29-30-31-32-33-34-35-36-37-38-39-40-41-42-43-44-46-48-50-52-54-56-58-60-62-70(83)79-66(67(82)61-59-57-55-53-51-49-47-45-20-18-16-14-12-10-8-6-4-2)65-89-77-75(88)73(86)76(69(64-81)91-77)92-78-74(87)72(85)71(84)68(63-80)90-78/h15,17,21-22,66-69,71-78,80-82,84-88H,3-14,16,18-20,23-65H2,1-2H3,(H,79,83)/b17-15-,22-21-. The van der Waals surface area contributed by atoms with E-state index in [1.807, 2.05) is 0 Å². The summed E-state index contributed by atoms with van der Waals surface area (Å²) in [6.45, 7) is 2.91. The monoisotopic (exact) mass is 1310 g/mol. The van der Waals surface area contributed by atoms with Gasteiger partial charge in [0.1, 0.15) is 48.8 Å². The Morgan fingerprint density at radius 1 is 0.391 bits per heavy atom. The highest BCUT2D eigenvalue weighted by Crippen LogP contribution is 2.30. The SMILES string of the molecule is CCCCCCC/C=C\C/C=C\CCCCCCCCCCCCCCCCCCCCCCCCCCCCCCCC(=O)NC(COC1OC(CO)C(OC2OC(CO)C(O)C(O)C2O)C(O)C1O)C(O)CCCCCCCCCCCCCCCCCCC. The van der Waals surface area contributed by atoms with E-state index in [1.54, 1.807) is 0 Å². The van der Waals surface area contributed by atoms with Crippen LogP contribution in [0.1, 0.15) is 373 Å². The second kappa shape index (κ2) is 63.0. The summed E-state index contributed by atoms with van der Waals surface area (Å²) in [5, 5.41) is 87.7. The minimum absolute atomic E-state index is 0.198. The van der Waals surface area contributed by atoms with Crippen molar-refractivity contribution >= 4 is 5.91 Å². The van der Waals surface area contributed by atoms with Crippen LogP contribution in [0.4, 0.5) is 0 Å². The Balaban J connectivity index is 1.53. The van der Waals surface area contributed by atoms with Gasteiger partial charge in [-0.2, -0.15) is 0 Å². The third-order valence-electron chi connectivity index (χ3n) is 19.7. The third kappa shape index (κ3) is 45.9. The summed E-state index contributed by atoms with van der Waals surface area (Å²) in [6.07, 6.45) is 63.8. The summed E-state index contributed by atoms with van der Waals surface area (Å²) < 4.78 is 22.9. The van der Waals surface area contributed by atoms with Gasteiger partial charge in [-0.15, -0.1) is 0 Å². The van der Waals surface area contributed by atoms with Gasteiger partial charge in [0.2, 0.25) is 5.91 Å². The highest BCUT2D eigenvalue weighted by molar-refractivity contribution is 5.76. The fraction of sp³-hybridized carbons (Fsp3) is 0.936. The first-order valence-corrected chi connectivity index (χ1v) is 39.6. The van der Waals surface area contributed by atoms with Crippen molar-refractivity contribution in [3.8, 4) is 0 Å². The predicted octanol–water partition coefficient (Wildman–Crippen LogP) is 17.5. The Hall–Kier alpha value is -1.53. The van der Waals surface area contributed by atoms with Crippen LogP contribution in [0, 0.1) is 0 Å². The average molecular weight is 1310 g/mol. The van der Waals surface area contributed by atoms with Crippen LogP contribution in [0.2, 0.25) is 0 Å². The van der Waals surface area contributed by atoms with Crippen molar-refractivity contribution < 1.29 is 64.6 Å². The molecule has 2 aliphatic rings. The normalized spacial score (nSPS) is 22.7. The third-order valence-corrected chi connectivity index (χ3v) is 19.7. The maximum atomic E-state index is 13.4. The molecule has 2 fully saturated rings. The summed E-state index contributed by atoms with van der Waals surface area (Å²) in [6, 6.07) is -0.826. The van der Waals surface area contributed by atoms with Gasteiger partial charge in [0.15, 0.2) is 12.6 Å². The summed E-state index contributed by atoms with van der Waals surface area (Å²) in [7, 11) is 0. The van der Waals surface area contributed by atoms with Crippen LogP contribution in [0.3, 0.4) is 0 Å². The van der Waals surface area contributed by atoms with Crippen LogP contribution in [-0.2, 0) is 23.7 Å². The molecule has 544 valence electrons. The van der Waals surface area contributed by atoms with Gasteiger partial charge in [0.25, 0.3) is 0 Å². The van der Waals surface area contributed by atoms with Crippen molar-refractivity contribution in [2.24, 2.45) is 0 Å². The molecule has 0 radical (unpaired) electrons. The molecule has 0 aromatic rings. The van der Waals surface area contributed by atoms with Gasteiger partial charge in [0.05, 0.1) is 32.0 Å². The molecule has 2 rings (SSSR count). The quantitative estimate of drug-likeness (QED) is 0.0204. The van der Waals surface area contributed by atoms with Crippen LogP contribution < -0.4 is 5.32 Å². The number of unbranched alkanes of at least 4 members (excludes halogenated alkanes) is 50. The van der Waals surface area contributed by atoms with E-state index >= 15 is 0 Å². The first-order chi connectivity index (χ1) is 45.1. The lowest BCUT2D eigenvalue weighted by Crippen LogP contribution is -2.65. The van der Waals surface area contributed by atoms with E-state index < -0.39 is 86.8 Å². The van der Waals surface area contributed by atoms with Crippen LogP contribution in [0.15, 0.2) is 24.3 Å². The first kappa shape index (κ1) is 86.6. The number of nitrogens with one attached hydrogen (secondary N) is 1. The van der Waals surface area contributed by atoms with Crippen LogP contribution >= 0.6 is 0 Å². The fourth-order valence-electron chi connectivity index (χ4n) is 13.4. The predicted molar refractivity (Wildman–Crippen MR) is 378 cm³/mol. The Morgan fingerprint density at radius 2 is 0.717 bits per heavy atom. The fourth-order valence-corrected chi connectivity index (χ4v) is 13.4. The average Bonchev–Trinajstić information content (AvgIpc) is 0.856. The maximum Gasteiger partial charge on any atom is 0.220 e. The van der Waals surface area contributed by atoms with Gasteiger partial charge in [-0.1, -0.05) is 346 Å². The lowest BCUT2D eigenvalue weighted by atomic mass is 9.97. The number of aliphatic hydroxyl groups excluding tert-OH is 8. The largest absolute Gasteiger partial charge is 0.394 e. The molecule has 12 unspecified atom stereocenters. The summed E-state index contributed by atoms with van der Waals surface area (Å²) >= 11 is 0. The molecule has 1 amide bonds. The maximum absolute atomic E-state index is 13.4. The molecule has 14 nitrogen and oxygen atoms in total. The number of ether oxygens (including phenoxy) is 4. The zero-order valence-electron chi connectivity index (χ0n) is 59.6. The van der Waals surface area contributed by atoms with E-state index in [4.69, 9.17) is 18.9 Å². The smallest absolute Gasteiger partial charge is 0.220 e. The Labute approximate surface area is 564 Å². The molecule has 9 N–H and O–H groups in total. The molecule has 14 heteroatoms. The Kier molecular flexibility index (Phi) is 59.2. The van der Waals surface area contributed by atoms with Crippen LogP contribution in [0.5, 0.6) is 0 Å². The molecule has 12 atom stereocenters. The second-order valence-electron chi connectivity index (χ2n) is 28.2. The van der Waals surface area contributed by atoms with E-state index in [2.05, 4.69) is 43.5 Å². The van der Waals surface area contributed by atoms with E-state index in [1.165, 1.54) is 289 Å². The summed E-state index contributed by atoms with van der Waals surface area (Å²) in [5.74, 6) is -0.198. The van der Waals surface area contributed by atoms with Crippen LogP contribution in [-0.4, -0.2) is 140 Å². The van der Waals surface area contributed by atoms with Crippen LogP contribution in [0.25, 0.3) is 0 Å². The zero-order chi connectivity index (χ0) is 66.6. The van der Waals surface area contributed by atoms with E-state index in [9.17, 15) is 45.6 Å². The molecule has 0 aliphatic carbocycles. The van der Waals surface area contributed by atoms with Crippen molar-refractivity contribution in [3.05, 3.63) is 24.3 Å². The molecule has 2 heterocycles. The van der Waals surface area contributed by atoms with Crippen molar-refractivity contribution in [1.82, 2.24) is 5.32 Å². The molecule has 0 aromatic heterocycles. The number of aliphatic hydroxyl groups is 8. The number of hydrogen-bond donors (Lipinski definition) is 9. The molecule has 2 saturated heterocycles. The van der Waals surface area contributed by atoms with Gasteiger partial charge in [-0.25, -0.2) is 0 Å². The number of rotatable bonds is 67. The molecule has 2 aliphatic heterocycles. The molecule has 0 aromatic carbocycles. The number of hydrogen-bond acceptors (Lipinski definition) is 13. The van der Waals surface area contributed by atoms with Crippen molar-refractivity contribution in [2.45, 2.75) is 447 Å². The molecular weight excluding hydrogens is 1160 g/mol. The van der Waals surface area contributed by atoms with E-state index in [0.29, 0.717) is 12.8 Å². The molecule has 0 bridgehead atoms. The summed E-state index contributed by atoms with van der Waals surface area (Å²) in [5.41, 5.74) is 0. The van der Waals surface area contributed by atoms with Crippen molar-refractivity contribution in [2.75, 3.05) is 19.8 Å². The van der Waals surface area contributed by atoms with Crippen molar-refractivity contribution in [1.29, 1.82) is 0 Å². The van der Waals surface area contributed by atoms with Gasteiger partial charge in [-0.3, -0.25) is 4.79 Å². The summed E-state index contributed by atoms with van der Waals surface area (Å²) in [4.78, 5) is 13.4. The lowest BCUT2D eigenvalue weighted by Gasteiger charge is -2.46. The van der Waals surface area contributed by atoms with E-state index in [0.717, 1.165) is 57.8 Å². The highest BCUT2D eigenvalue weighted by atomic mass is 16.7. The topological polar surface area (TPSA) is 228 Å². The number of allylic oxidation sites excluding steroid dienone is 4. The lowest BCUT2D eigenvalue weighted by molar-refractivity contribution is -0.359. The first-order valence-electron chi connectivity index (χ1n) is 39.6. The second-order valence-corrected chi connectivity index (χ2v) is 28.2. The molecule has 92 heavy (non-hydrogen) atoms. The van der Waals surface area contributed by atoms with Gasteiger partial charge in [-0.05, 0) is 44.9 Å². The van der Waals surface area contributed by atoms with Gasteiger partial charge in [0, 0.05) is 6.42 Å². The molecule has 0 spiro atoms. The van der Waals surface area contributed by atoms with E-state index in [-0.39, 0.29) is 12.5 Å². The minimum Gasteiger partial charge on any atom is -0.394 e. The van der Waals surface area contributed by atoms with Crippen molar-refractivity contribution in [3.63, 3.8) is 0 Å². The van der Waals surface area contributed by atoms with Gasteiger partial charge >= 0.3 is 0 Å². The minimum atomic E-state index is -1.78.